The third-order valence-electron chi connectivity index (χ3n) is 4.57. The molecule has 0 aliphatic carbocycles. The first kappa shape index (κ1) is 21.2. The molecule has 2 rings (SSSR count). The van der Waals surface area contributed by atoms with Crippen LogP contribution in [0, 0.1) is 12.8 Å². The fourth-order valence-corrected chi connectivity index (χ4v) is 3.06. The van der Waals surface area contributed by atoms with E-state index in [1.165, 1.54) is 6.26 Å². The SMILES string of the molecule is CN=C(NCCCNC(=O)c1occc1C)N1CCC(COCCOC)C1. The van der Waals surface area contributed by atoms with E-state index in [-0.39, 0.29) is 5.91 Å². The fraction of sp³-hybridized carbons (Fsp3) is 0.684. The Morgan fingerprint density at radius 3 is 2.89 bits per heavy atom. The molecule has 0 saturated carbocycles. The van der Waals surface area contributed by atoms with Gasteiger partial charge in [-0.25, -0.2) is 0 Å². The third kappa shape index (κ3) is 6.88. The van der Waals surface area contributed by atoms with Crippen molar-refractivity contribution in [3.05, 3.63) is 23.7 Å². The van der Waals surface area contributed by atoms with Crippen molar-refractivity contribution in [2.45, 2.75) is 19.8 Å². The number of ether oxygens (including phenoxy) is 2. The van der Waals surface area contributed by atoms with E-state index in [1.54, 1.807) is 20.2 Å². The van der Waals surface area contributed by atoms with Crippen molar-refractivity contribution in [2.24, 2.45) is 10.9 Å². The number of aryl methyl sites for hydroxylation is 1. The van der Waals surface area contributed by atoms with Crippen molar-refractivity contribution >= 4 is 11.9 Å². The maximum Gasteiger partial charge on any atom is 0.287 e. The van der Waals surface area contributed by atoms with Crippen molar-refractivity contribution in [2.75, 3.05) is 60.2 Å². The minimum absolute atomic E-state index is 0.169. The molecule has 0 bridgehead atoms. The number of carbonyl (C=O) groups is 1. The van der Waals surface area contributed by atoms with Gasteiger partial charge in [-0.05, 0) is 25.8 Å². The van der Waals surface area contributed by atoms with Gasteiger partial charge < -0.3 is 29.4 Å². The highest BCUT2D eigenvalue weighted by Gasteiger charge is 2.24. The number of furan rings is 1. The van der Waals surface area contributed by atoms with Gasteiger partial charge in [0, 0.05) is 51.8 Å². The number of guanidine groups is 1. The summed E-state index contributed by atoms with van der Waals surface area (Å²) in [5.74, 6) is 1.64. The summed E-state index contributed by atoms with van der Waals surface area (Å²) in [7, 11) is 3.48. The van der Waals surface area contributed by atoms with Crippen LogP contribution in [-0.4, -0.2) is 76.9 Å². The number of nitrogens with zero attached hydrogens (tertiary/aromatic N) is 2. The first-order valence-corrected chi connectivity index (χ1v) is 9.50. The number of aliphatic imine (C=N–C) groups is 1. The quantitative estimate of drug-likeness (QED) is 0.361. The number of nitrogens with one attached hydrogen (secondary N) is 2. The average Bonchev–Trinajstić information content (AvgIpc) is 3.31. The molecule has 1 aromatic rings. The molecule has 2 N–H and O–H groups in total. The Morgan fingerprint density at radius 1 is 1.37 bits per heavy atom. The van der Waals surface area contributed by atoms with Gasteiger partial charge in [0.15, 0.2) is 11.7 Å². The fourth-order valence-electron chi connectivity index (χ4n) is 3.06. The molecule has 1 aromatic heterocycles. The molecule has 152 valence electrons. The molecule has 27 heavy (non-hydrogen) atoms. The van der Waals surface area contributed by atoms with Crippen LogP contribution < -0.4 is 10.6 Å². The number of hydrogen-bond acceptors (Lipinski definition) is 5. The van der Waals surface area contributed by atoms with E-state index in [9.17, 15) is 4.79 Å². The second kappa shape index (κ2) is 11.6. The number of carbonyl (C=O) groups excluding carboxylic acids is 1. The van der Waals surface area contributed by atoms with Crippen LogP contribution >= 0.6 is 0 Å². The zero-order valence-electron chi connectivity index (χ0n) is 16.6. The van der Waals surface area contributed by atoms with Crippen LogP contribution in [-0.2, 0) is 9.47 Å². The Labute approximate surface area is 161 Å². The monoisotopic (exact) mass is 380 g/mol. The standard InChI is InChI=1S/C19H32N4O4/c1-15-6-10-27-17(15)18(24)21-7-4-8-22-19(20-2)23-9-5-16(13-23)14-26-12-11-25-3/h6,10,16H,4-5,7-9,11-14H2,1-3H3,(H,20,22)(H,21,24). The predicted molar refractivity (Wildman–Crippen MR) is 104 cm³/mol. The van der Waals surface area contributed by atoms with Gasteiger partial charge in [0.05, 0.1) is 26.1 Å². The summed E-state index contributed by atoms with van der Waals surface area (Å²) in [6, 6.07) is 1.78. The zero-order chi connectivity index (χ0) is 19.5. The van der Waals surface area contributed by atoms with Gasteiger partial charge in [0.25, 0.3) is 5.91 Å². The number of amides is 1. The van der Waals surface area contributed by atoms with Crippen LogP contribution in [0.4, 0.5) is 0 Å². The van der Waals surface area contributed by atoms with E-state index >= 15 is 0 Å². The lowest BCUT2D eigenvalue weighted by atomic mass is 10.1. The van der Waals surface area contributed by atoms with Crippen molar-refractivity contribution in [3.63, 3.8) is 0 Å². The van der Waals surface area contributed by atoms with Gasteiger partial charge in [-0.15, -0.1) is 0 Å². The number of likely N-dealkylation sites (tertiary alicyclic amines) is 1. The summed E-state index contributed by atoms with van der Waals surface area (Å²) in [4.78, 5) is 18.6. The summed E-state index contributed by atoms with van der Waals surface area (Å²) >= 11 is 0. The molecule has 1 fully saturated rings. The van der Waals surface area contributed by atoms with Crippen molar-refractivity contribution in [3.8, 4) is 0 Å². The summed E-state index contributed by atoms with van der Waals surface area (Å²) in [6.45, 7) is 7.14. The molecular formula is C19H32N4O4. The smallest absolute Gasteiger partial charge is 0.287 e. The highest BCUT2D eigenvalue weighted by molar-refractivity contribution is 5.92. The number of rotatable bonds is 10. The summed E-state index contributed by atoms with van der Waals surface area (Å²) in [5, 5.41) is 6.24. The Morgan fingerprint density at radius 2 is 2.19 bits per heavy atom. The third-order valence-corrected chi connectivity index (χ3v) is 4.57. The van der Waals surface area contributed by atoms with Crippen molar-refractivity contribution < 1.29 is 18.7 Å². The van der Waals surface area contributed by atoms with Gasteiger partial charge in [0.2, 0.25) is 0 Å². The second-order valence-corrected chi connectivity index (χ2v) is 6.68. The van der Waals surface area contributed by atoms with E-state index in [0.717, 1.165) is 50.6 Å². The molecule has 8 heteroatoms. The minimum atomic E-state index is -0.169. The molecule has 1 amide bonds. The van der Waals surface area contributed by atoms with Crippen molar-refractivity contribution in [1.29, 1.82) is 0 Å². The molecule has 0 spiro atoms. The van der Waals surface area contributed by atoms with Gasteiger partial charge in [-0.2, -0.15) is 0 Å². The molecule has 1 aliphatic rings. The van der Waals surface area contributed by atoms with Crippen LogP contribution in [0.2, 0.25) is 0 Å². The first-order chi connectivity index (χ1) is 13.2. The summed E-state index contributed by atoms with van der Waals surface area (Å²) in [6.07, 6.45) is 3.44. The lowest BCUT2D eigenvalue weighted by Gasteiger charge is -2.21. The Hall–Kier alpha value is -2.06. The second-order valence-electron chi connectivity index (χ2n) is 6.68. The van der Waals surface area contributed by atoms with Crippen LogP contribution in [0.1, 0.15) is 29.0 Å². The molecule has 1 atom stereocenters. The van der Waals surface area contributed by atoms with Gasteiger partial charge in [-0.3, -0.25) is 9.79 Å². The van der Waals surface area contributed by atoms with Crippen LogP contribution in [0.5, 0.6) is 0 Å². The van der Waals surface area contributed by atoms with E-state index in [2.05, 4.69) is 20.5 Å². The summed E-state index contributed by atoms with van der Waals surface area (Å²) in [5.41, 5.74) is 0.848. The van der Waals surface area contributed by atoms with Gasteiger partial charge in [-0.1, -0.05) is 0 Å². The predicted octanol–water partition coefficient (Wildman–Crippen LogP) is 1.27. The van der Waals surface area contributed by atoms with Crippen molar-refractivity contribution in [1.82, 2.24) is 15.5 Å². The molecule has 0 aromatic carbocycles. The molecule has 0 radical (unpaired) electrons. The molecule has 8 nitrogen and oxygen atoms in total. The highest BCUT2D eigenvalue weighted by atomic mass is 16.5. The Kier molecular flexibility index (Phi) is 9.13. The van der Waals surface area contributed by atoms with Crippen LogP contribution in [0.25, 0.3) is 0 Å². The first-order valence-electron chi connectivity index (χ1n) is 9.50. The normalized spacial score (nSPS) is 17.4. The largest absolute Gasteiger partial charge is 0.459 e. The molecule has 1 unspecified atom stereocenters. The number of hydrogen-bond donors (Lipinski definition) is 2. The Balaban J connectivity index is 1.60. The topological polar surface area (TPSA) is 88.3 Å². The maximum atomic E-state index is 12.0. The summed E-state index contributed by atoms with van der Waals surface area (Å²) < 4.78 is 15.8. The maximum absolute atomic E-state index is 12.0. The lowest BCUT2D eigenvalue weighted by molar-refractivity contribution is 0.0536. The van der Waals surface area contributed by atoms with E-state index in [0.29, 0.717) is 31.4 Å². The van der Waals surface area contributed by atoms with E-state index in [1.807, 2.05) is 6.92 Å². The molecule has 2 heterocycles. The average molecular weight is 380 g/mol. The van der Waals surface area contributed by atoms with Gasteiger partial charge >= 0.3 is 0 Å². The van der Waals surface area contributed by atoms with Crippen LogP contribution in [0.3, 0.4) is 0 Å². The lowest BCUT2D eigenvalue weighted by Crippen LogP contribution is -2.41. The number of methoxy groups -OCH3 is 1. The molecular weight excluding hydrogens is 348 g/mol. The Bertz CT molecular complexity index is 602. The zero-order valence-corrected chi connectivity index (χ0v) is 16.6. The van der Waals surface area contributed by atoms with E-state index < -0.39 is 0 Å². The highest BCUT2D eigenvalue weighted by Crippen LogP contribution is 2.16. The molecule has 1 aliphatic heterocycles. The minimum Gasteiger partial charge on any atom is -0.459 e. The molecule has 1 saturated heterocycles. The van der Waals surface area contributed by atoms with E-state index in [4.69, 9.17) is 13.9 Å². The van der Waals surface area contributed by atoms with Crippen LogP contribution in [0.15, 0.2) is 21.7 Å². The van der Waals surface area contributed by atoms with Gasteiger partial charge in [0.1, 0.15) is 0 Å².